The van der Waals surface area contributed by atoms with Crippen LogP contribution in [0.5, 0.6) is 0 Å². The van der Waals surface area contributed by atoms with E-state index in [0.717, 1.165) is 10.0 Å². The summed E-state index contributed by atoms with van der Waals surface area (Å²) in [6.45, 7) is 3.84. The molecule has 3 amide bonds. The second-order valence-electron chi connectivity index (χ2n) is 5.81. The zero-order chi connectivity index (χ0) is 18.7. The third-order valence-corrected chi connectivity index (χ3v) is 4.59. The molecule has 6 nitrogen and oxygen atoms in total. The Hall–Kier alpha value is -3.11. The van der Waals surface area contributed by atoms with Gasteiger partial charge in [-0.25, -0.2) is 4.79 Å². The van der Waals surface area contributed by atoms with Gasteiger partial charge in [0.05, 0.1) is 17.7 Å². The maximum atomic E-state index is 12.8. The van der Waals surface area contributed by atoms with Gasteiger partial charge in [0.1, 0.15) is 5.92 Å². The Bertz CT molecular complexity index is 901. The van der Waals surface area contributed by atoms with E-state index in [0.29, 0.717) is 16.9 Å². The van der Waals surface area contributed by atoms with Gasteiger partial charge in [-0.15, -0.1) is 0 Å². The molecule has 0 unspecified atom stereocenters. The van der Waals surface area contributed by atoms with Crippen LogP contribution < -0.4 is 16.0 Å². The summed E-state index contributed by atoms with van der Waals surface area (Å²) in [5, 5.41) is 17.1. The van der Waals surface area contributed by atoms with E-state index in [1.54, 1.807) is 36.4 Å². The van der Waals surface area contributed by atoms with Crippen LogP contribution in [-0.2, 0) is 4.79 Å². The molecule has 2 aromatic carbocycles. The lowest BCUT2D eigenvalue weighted by molar-refractivity contribution is -0.119. The second-order valence-corrected chi connectivity index (χ2v) is 6.72. The van der Waals surface area contributed by atoms with Gasteiger partial charge in [-0.1, -0.05) is 34.6 Å². The molecule has 0 radical (unpaired) electrons. The molecule has 1 aliphatic heterocycles. The molecule has 3 rings (SSSR count). The maximum absolute atomic E-state index is 12.8. The van der Waals surface area contributed by atoms with E-state index in [2.05, 4.69) is 38.5 Å². The number of carbonyl (C=O) groups is 2. The van der Waals surface area contributed by atoms with Crippen molar-refractivity contribution in [2.24, 2.45) is 5.92 Å². The zero-order valence-electron chi connectivity index (χ0n) is 13.6. The van der Waals surface area contributed by atoms with Crippen molar-refractivity contribution in [1.29, 1.82) is 5.26 Å². The summed E-state index contributed by atoms with van der Waals surface area (Å²) in [5.74, 6) is -0.997. The van der Waals surface area contributed by atoms with Crippen LogP contribution in [0, 0.1) is 17.2 Å². The Balaban J connectivity index is 1.88. The number of rotatable bonds is 3. The normalized spacial score (nSPS) is 19.1. The van der Waals surface area contributed by atoms with E-state index in [9.17, 15) is 9.59 Å². The largest absolute Gasteiger partial charge is 0.330 e. The summed E-state index contributed by atoms with van der Waals surface area (Å²) < 4.78 is 0.905. The van der Waals surface area contributed by atoms with E-state index in [1.165, 1.54) is 0 Å². The summed E-state index contributed by atoms with van der Waals surface area (Å²) in [4.78, 5) is 24.7. The molecule has 130 valence electrons. The number of nitrogens with one attached hydrogen (secondary N) is 3. The van der Waals surface area contributed by atoms with E-state index >= 15 is 0 Å². The molecule has 7 heteroatoms. The minimum Gasteiger partial charge on any atom is -0.330 e. The molecule has 3 N–H and O–H groups in total. The van der Waals surface area contributed by atoms with Crippen LogP contribution in [0.4, 0.5) is 10.5 Å². The predicted molar refractivity (Wildman–Crippen MR) is 101 cm³/mol. The molecule has 2 atom stereocenters. The Morgan fingerprint density at radius 2 is 1.81 bits per heavy atom. The lowest BCUT2D eigenvalue weighted by Gasteiger charge is -2.33. The minimum atomic E-state index is -0.704. The molecular weight excluding hydrogens is 396 g/mol. The van der Waals surface area contributed by atoms with Gasteiger partial charge in [0.2, 0.25) is 5.91 Å². The topological polar surface area (TPSA) is 94.0 Å². The van der Waals surface area contributed by atoms with Crippen LogP contribution >= 0.6 is 15.9 Å². The van der Waals surface area contributed by atoms with Crippen molar-refractivity contribution in [2.45, 2.75) is 6.04 Å². The predicted octanol–water partition coefficient (Wildman–Crippen LogP) is 3.44. The first-order valence-corrected chi connectivity index (χ1v) is 8.60. The number of urea groups is 1. The van der Waals surface area contributed by atoms with Crippen LogP contribution in [-0.4, -0.2) is 11.9 Å². The van der Waals surface area contributed by atoms with Crippen LogP contribution in [0.1, 0.15) is 17.2 Å². The fourth-order valence-electron chi connectivity index (χ4n) is 2.79. The van der Waals surface area contributed by atoms with Crippen molar-refractivity contribution in [3.63, 3.8) is 0 Å². The number of hydrogen-bond acceptors (Lipinski definition) is 3. The first-order valence-electron chi connectivity index (χ1n) is 7.81. The standard InChI is InChI=1S/C19H15BrN4O2/c1-11-16(18(25)23-15-8-6-14(20)7-9-15)17(24-19(26)22-11)13-4-2-12(10-21)3-5-13/h2-9,16-17H,1H2,(H,23,25)(H2,22,24,26)/t16-,17+/m0/s1. The Morgan fingerprint density at radius 1 is 1.15 bits per heavy atom. The number of nitrogens with zero attached hydrogens (tertiary/aromatic N) is 1. The Kier molecular flexibility index (Phi) is 5.05. The Morgan fingerprint density at radius 3 is 2.42 bits per heavy atom. The third kappa shape index (κ3) is 3.76. The average Bonchev–Trinajstić information content (AvgIpc) is 2.63. The number of nitriles is 1. The molecule has 1 heterocycles. The number of anilines is 1. The highest BCUT2D eigenvalue weighted by Gasteiger charge is 2.37. The van der Waals surface area contributed by atoms with Gasteiger partial charge in [-0.2, -0.15) is 5.26 Å². The van der Waals surface area contributed by atoms with Crippen molar-refractivity contribution >= 4 is 33.6 Å². The first-order chi connectivity index (χ1) is 12.5. The van der Waals surface area contributed by atoms with Gasteiger partial charge in [0.15, 0.2) is 0 Å². The average molecular weight is 411 g/mol. The van der Waals surface area contributed by atoms with Gasteiger partial charge >= 0.3 is 6.03 Å². The molecule has 0 aromatic heterocycles. The van der Waals surface area contributed by atoms with E-state index in [-0.39, 0.29) is 5.91 Å². The van der Waals surface area contributed by atoms with Crippen LogP contribution in [0.15, 0.2) is 65.3 Å². The van der Waals surface area contributed by atoms with Gasteiger partial charge in [0, 0.05) is 15.9 Å². The monoisotopic (exact) mass is 410 g/mol. The van der Waals surface area contributed by atoms with Crippen molar-refractivity contribution in [3.8, 4) is 6.07 Å². The van der Waals surface area contributed by atoms with E-state index in [1.807, 2.05) is 18.2 Å². The number of hydrogen-bond donors (Lipinski definition) is 3. The fraction of sp³-hybridized carbons (Fsp3) is 0.105. The molecule has 1 fully saturated rings. The Labute approximate surface area is 159 Å². The summed E-state index contributed by atoms with van der Waals surface area (Å²) >= 11 is 3.35. The lowest BCUT2D eigenvalue weighted by atomic mass is 9.88. The van der Waals surface area contributed by atoms with Gasteiger partial charge in [-0.05, 0) is 42.0 Å². The summed E-state index contributed by atoms with van der Waals surface area (Å²) in [6, 6.07) is 15.0. The molecule has 0 spiro atoms. The molecule has 1 saturated heterocycles. The highest BCUT2D eigenvalue weighted by atomic mass is 79.9. The number of benzene rings is 2. The van der Waals surface area contributed by atoms with E-state index in [4.69, 9.17) is 5.26 Å². The van der Waals surface area contributed by atoms with Crippen molar-refractivity contribution in [1.82, 2.24) is 10.6 Å². The second kappa shape index (κ2) is 7.42. The molecule has 1 aliphatic rings. The molecule has 0 bridgehead atoms. The van der Waals surface area contributed by atoms with Crippen LogP contribution in [0.25, 0.3) is 0 Å². The van der Waals surface area contributed by atoms with Crippen molar-refractivity contribution in [2.75, 3.05) is 5.32 Å². The molecule has 0 aliphatic carbocycles. The maximum Gasteiger partial charge on any atom is 0.319 e. The van der Waals surface area contributed by atoms with Crippen LogP contribution in [0.2, 0.25) is 0 Å². The minimum absolute atomic E-state index is 0.292. The molecule has 0 saturated carbocycles. The molecular formula is C19H15BrN4O2. The van der Waals surface area contributed by atoms with Gasteiger partial charge < -0.3 is 16.0 Å². The van der Waals surface area contributed by atoms with Crippen molar-refractivity contribution < 1.29 is 9.59 Å². The summed E-state index contributed by atoms with van der Waals surface area (Å²) in [5.41, 5.74) is 2.18. The SMILES string of the molecule is C=C1NC(=O)N[C@H](c2ccc(C#N)cc2)[C@H]1C(=O)Nc1ccc(Br)cc1. The number of halogens is 1. The zero-order valence-corrected chi connectivity index (χ0v) is 15.2. The smallest absolute Gasteiger partial charge is 0.319 e. The van der Waals surface area contributed by atoms with Crippen molar-refractivity contribution in [3.05, 3.63) is 76.4 Å². The lowest BCUT2D eigenvalue weighted by Crippen LogP contribution is -2.51. The van der Waals surface area contributed by atoms with E-state index < -0.39 is 18.0 Å². The highest BCUT2D eigenvalue weighted by molar-refractivity contribution is 9.10. The number of carbonyl (C=O) groups excluding carboxylic acids is 2. The summed E-state index contributed by atoms with van der Waals surface area (Å²) in [6.07, 6.45) is 0. The van der Waals surface area contributed by atoms with Gasteiger partial charge in [-0.3, -0.25) is 4.79 Å². The molecule has 2 aromatic rings. The summed E-state index contributed by atoms with van der Waals surface area (Å²) in [7, 11) is 0. The van der Waals surface area contributed by atoms with Gasteiger partial charge in [0.25, 0.3) is 0 Å². The van der Waals surface area contributed by atoms with Crippen LogP contribution in [0.3, 0.4) is 0 Å². The first kappa shape index (κ1) is 17.7. The highest BCUT2D eigenvalue weighted by Crippen LogP contribution is 2.30. The fourth-order valence-corrected chi connectivity index (χ4v) is 3.05. The number of amides is 3. The molecule has 26 heavy (non-hydrogen) atoms. The third-order valence-electron chi connectivity index (χ3n) is 4.06. The quantitative estimate of drug-likeness (QED) is 0.722.